The first-order valence-corrected chi connectivity index (χ1v) is 9.01. The van der Waals surface area contributed by atoms with E-state index in [2.05, 4.69) is 15.9 Å². The first-order valence-electron chi connectivity index (χ1n) is 5.69. The molecule has 20 heavy (non-hydrogen) atoms. The maximum absolute atomic E-state index is 13.7. The highest BCUT2D eigenvalue weighted by atomic mass is 79.9. The van der Waals surface area contributed by atoms with Gasteiger partial charge in [0, 0.05) is 18.4 Å². The Morgan fingerprint density at radius 2 is 2.15 bits per heavy atom. The molecule has 0 amide bonds. The molecule has 0 bridgehead atoms. The smallest absolute Gasteiger partial charge is 0.244 e. The molecule has 2 rings (SSSR count). The summed E-state index contributed by atoms with van der Waals surface area (Å²) in [6, 6.07) is 2.39. The number of rotatable bonds is 3. The summed E-state index contributed by atoms with van der Waals surface area (Å²) >= 11 is 14.6. The van der Waals surface area contributed by atoms with Gasteiger partial charge in [0.15, 0.2) is 5.82 Å². The zero-order chi connectivity index (χ0) is 14.9. The number of benzene rings is 1. The van der Waals surface area contributed by atoms with Gasteiger partial charge >= 0.3 is 0 Å². The number of ether oxygens (including phenoxy) is 1. The molecule has 1 unspecified atom stereocenters. The van der Waals surface area contributed by atoms with E-state index in [1.54, 1.807) is 0 Å². The van der Waals surface area contributed by atoms with Gasteiger partial charge < -0.3 is 4.74 Å². The highest BCUT2D eigenvalue weighted by Crippen LogP contribution is 2.31. The van der Waals surface area contributed by atoms with Crippen LogP contribution in [-0.4, -0.2) is 43.9 Å². The summed E-state index contributed by atoms with van der Waals surface area (Å²) in [5.74, 6) is -0.931. The minimum atomic E-state index is -3.87. The fraction of sp³-hybridized carbons (Fsp3) is 0.455. The van der Waals surface area contributed by atoms with Crippen molar-refractivity contribution in [2.24, 2.45) is 0 Å². The van der Waals surface area contributed by atoms with Crippen molar-refractivity contribution in [1.29, 1.82) is 0 Å². The van der Waals surface area contributed by atoms with Crippen molar-refractivity contribution in [2.75, 3.05) is 25.0 Å². The molecule has 1 heterocycles. The fourth-order valence-corrected chi connectivity index (χ4v) is 4.42. The molecule has 4 nitrogen and oxygen atoms in total. The van der Waals surface area contributed by atoms with E-state index in [9.17, 15) is 12.8 Å². The Hall–Kier alpha value is 0.0800. The van der Waals surface area contributed by atoms with E-state index < -0.39 is 20.9 Å². The van der Waals surface area contributed by atoms with E-state index in [4.69, 9.17) is 27.9 Å². The van der Waals surface area contributed by atoms with Gasteiger partial charge in [-0.3, -0.25) is 0 Å². The van der Waals surface area contributed by atoms with E-state index in [0.29, 0.717) is 5.33 Å². The van der Waals surface area contributed by atoms with Crippen LogP contribution in [0.2, 0.25) is 10.0 Å². The van der Waals surface area contributed by atoms with Crippen LogP contribution in [-0.2, 0) is 14.8 Å². The van der Waals surface area contributed by atoms with Crippen LogP contribution in [0.4, 0.5) is 4.39 Å². The van der Waals surface area contributed by atoms with Crippen LogP contribution in [0, 0.1) is 5.82 Å². The van der Waals surface area contributed by atoms with Crippen LogP contribution in [0.3, 0.4) is 0 Å². The number of hydrogen-bond acceptors (Lipinski definition) is 3. The van der Waals surface area contributed by atoms with Crippen LogP contribution in [0.25, 0.3) is 0 Å². The summed E-state index contributed by atoms with van der Waals surface area (Å²) in [5.41, 5.74) is 0. The molecule has 1 saturated heterocycles. The van der Waals surface area contributed by atoms with Crippen LogP contribution >= 0.6 is 39.1 Å². The van der Waals surface area contributed by atoms with E-state index >= 15 is 0 Å². The van der Waals surface area contributed by atoms with Crippen molar-refractivity contribution in [1.82, 2.24) is 4.31 Å². The monoisotopic (exact) mass is 405 g/mol. The maximum Gasteiger partial charge on any atom is 0.244 e. The van der Waals surface area contributed by atoms with Gasteiger partial charge in [-0.15, -0.1) is 0 Å². The second-order valence-electron chi connectivity index (χ2n) is 4.18. The van der Waals surface area contributed by atoms with E-state index in [0.717, 1.165) is 0 Å². The first kappa shape index (κ1) is 16.5. The summed E-state index contributed by atoms with van der Waals surface area (Å²) in [4.78, 5) is -0.281. The molecule has 0 aromatic heterocycles. The predicted molar refractivity (Wildman–Crippen MR) is 78.7 cm³/mol. The van der Waals surface area contributed by atoms with Gasteiger partial charge in [-0.05, 0) is 12.1 Å². The van der Waals surface area contributed by atoms with E-state index in [1.807, 2.05) is 0 Å². The average Bonchev–Trinajstić information content (AvgIpc) is 2.44. The third-order valence-corrected chi connectivity index (χ3v) is 6.29. The minimum absolute atomic E-state index is 0.189. The van der Waals surface area contributed by atoms with Crippen LogP contribution < -0.4 is 0 Å². The Kier molecular flexibility index (Phi) is 5.31. The van der Waals surface area contributed by atoms with Gasteiger partial charge in [0.1, 0.15) is 4.90 Å². The molecule has 9 heteroatoms. The van der Waals surface area contributed by atoms with Crippen molar-refractivity contribution >= 4 is 49.2 Å². The topological polar surface area (TPSA) is 46.6 Å². The molecule has 112 valence electrons. The van der Waals surface area contributed by atoms with E-state index in [1.165, 1.54) is 16.4 Å². The zero-order valence-electron chi connectivity index (χ0n) is 10.2. The Labute approximate surface area is 135 Å². The van der Waals surface area contributed by atoms with Crippen molar-refractivity contribution < 1.29 is 17.5 Å². The molecule has 1 aliphatic rings. The lowest BCUT2D eigenvalue weighted by atomic mass is 10.3. The molecule has 0 radical (unpaired) electrons. The molecular weight excluding hydrogens is 396 g/mol. The normalized spacial score (nSPS) is 21.1. The van der Waals surface area contributed by atoms with Crippen LogP contribution in [0.5, 0.6) is 0 Å². The van der Waals surface area contributed by atoms with Gasteiger partial charge in [-0.25, -0.2) is 12.8 Å². The average molecular weight is 407 g/mol. The Balaban J connectivity index is 2.38. The van der Waals surface area contributed by atoms with Gasteiger partial charge in [-0.1, -0.05) is 39.1 Å². The number of nitrogens with zero attached hydrogens (tertiary/aromatic N) is 1. The quantitative estimate of drug-likeness (QED) is 0.572. The molecule has 0 saturated carbocycles. The third kappa shape index (κ3) is 3.13. The minimum Gasteiger partial charge on any atom is -0.375 e. The second kappa shape index (κ2) is 6.46. The molecule has 0 N–H and O–H groups in total. The van der Waals surface area contributed by atoms with Gasteiger partial charge in [0.25, 0.3) is 0 Å². The summed E-state index contributed by atoms with van der Waals surface area (Å²) in [5, 5.41) is -0.185. The fourth-order valence-electron chi connectivity index (χ4n) is 1.85. The number of halogens is 4. The Morgan fingerprint density at radius 3 is 2.80 bits per heavy atom. The summed E-state index contributed by atoms with van der Waals surface area (Å²) < 4.78 is 45.3. The summed E-state index contributed by atoms with van der Waals surface area (Å²) in [7, 11) is -3.87. The Morgan fingerprint density at radius 1 is 1.45 bits per heavy atom. The predicted octanol–water partition coefficient (Wildman–Crippen LogP) is 2.92. The van der Waals surface area contributed by atoms with Crippen LogP contribution in [0.1, 0.15) is 0 Å². The summed E-state index contributed by atoms with van der Waals surface area (Å²) in [6.45, 7) is 0.670. The lowest BCUT2D eigenvalue weighted by Crippen LogP contribution is -2.46. The first-order chi connectivity index (χ1) is 9.37. The van der Waals surface area contributed by atoms with Gasteiger partial charge in [0.05, 0.1) is 22.8 Å². The highest BCUT2D eigenvalue weighted by Gasteiger charge is 2.32. The van der Waals surface area contributed by atoms with Gasteiger partial charge in [-0.2, -0.15) is 4.31 Å². The largest absolute Gasteiger partial charge is 0.375 e. The van der Waals surface area contributed by atoms with Crippen molar-refractivity contribution in [3.63, 3.8) is 0 Å². The lowest BCUT2D eigenvalue weighted by molar-refractivity contribution is 0.0136. The molecule has 1 aromatic rings. The number of alkyl halides is 1. The highest BCUT2D eigenvalue weighted by molar-refractivity contribution is 9.09. The molecule has 0 spiro atoms. The van der Waals surface area contributed by atoms with Crippen molar-refractivity contribution in [3.05, 3.63) is 28.0 Å². The number of sulfonamides is 1. The van der Waals surface area contributed by atoms with Crippen molar-refractivity contribution in [2.45, 2.75) is 11.0 Å². The molecule has 1 atom stereocenters. The standard InChI is InChI=1S/C11H11BrCl2FNO3S/c12-5-7-6-16(3-4-19-7)20(17,18)9-2-1-8(13)11(15)10(9)14/h1-2,7H,3-6H2. The van der Waals surface area contributed by atoms with E-state index in [-0.39, 0.29) is 35.7 Å². The molecular formula is C11H11BrCl2FNO3S. The molecule has 1 aromatic carbocycles. The van der Waals surface area contributed by atoms with Gasteiger partial charge in [0.2, 0.25) is 10.0 Å². The third-order valence-electron chi connectivity index (χ3n) is 2.89. The molecule has 0 aliphatic carbocycles. The zero-order valence-corrected chi connectivity index (χ0v) is 14.1. The molecule has 1 aliphatic heterocycles. The number of hydrogen-bond donors (Lipinski definition) is 0. The van der Waals surface area contributed by atoms with Crippen molar-refractivity contribution in [3.8, 4) is 0 Å². The molecule has 1 fully saturated rings. The number of morpholine rings is 1. The SMILES string of the molecule is O=S(=O)(c1ccc(Cl)c(F)c1Cl)N1CCOC(CBr)C1. The van der Waals surface area contributed by atoms with Crippen LogP contribution in [0.15, 0.2) is 17.0 Å². The second-order valence-corrected chi connectivity index (χ2v) is 7.52. The maximum atomic E-state index is 13.7. The lowest BCUT2D eigenvalue weighted by Gasteiger charge is -2.31. The summed E-state index contributed by atoms with van der Waals surface area (Å²) in [6.07, 6.45) is -0.241. The Bertz CT molecular complexity index is 614.